The summed E-state index contributed by atoms with van der Waals surface area (Å²) < 4.78 is 82.9. The van der Waals surface area contributed by atoms with Crippen LogP contribution in [0.2, 0.25) is 0 Å². The number of hydrogen-bond acceptors (Lipinski definition) is 31. The van der Waals surface area contributed by atoms with Crippen LogP contribution in [0, 0.1) is 23.7 Å². The van der Waals surface area contributed by atoms with Crippen LogP contribution in [-0.2, 0) is 128 Å². The van der Waals surface area contributed by atoms with Crippen LogP contribution in [0.4, 0.5) is 0 Å². The molecule has 2 fully saturated rings. The third-order valence-electron chi connectivity index (χ3n) is 19.6. The van der Waals surface area contributed by atoms with Crippen LogP contribution in [0.25, 0.3) is 10.9 Å². The summed E-state index contributed by atoms with van der Waals surface area (Å²) in [5.74, 6) is -11.9. The van der Waals surface area contributed by atoms with Crippen LogP contribution in [0.3, 0.4) is 0 Å². The lowest BCUT2D eigenvalue weighted by Crippen LogP contribution is -2.62. The molecule has 2 bridgehead atoms. The van der Waals surface area contributed by atoms with E-state index in [1.165, 1.54) is 30.7 Å². The molecular weight excluding hydrogens is 1570 g/mol. The molecule has 0 radical (unpaired) electrons. The number of thioether (sulfide) groups is 1. The number of likely N-dealkylation sites (tertiary alicyclic amines) is 1. The number of hydrogen-bond donors (Lipinski definition) is 13. The Morgan fingerprint density at radius 3 is 1.76 bits per heavy atom. The van der Waals surface area contributed by atoms with Crippen LogP contribution in [0.5, 0.6) is 5.75 Å². The highest BCUT2D eigenvalue weighted by Crippen LogP contribution is 2.37. The molecule has 40 nitrogen and oxygen atoms in total. The number of benzene rings is 1. The number of nitrogens with one attached hydrogen (secondary N) is 9. The Bertz CT molecular complexity index is 3580. The summed E-state index contributed by atoms with van der Waals surface area (Å²) in [6.45, 7) is 12.9. The first-order valence-corrected chi connectivity index (χ1v) is 41.6. The van der Waals surface area contributed by atoms with Gasteiger partial charge in [-0.2, -0.15) is 11.8 Å². The molecule has 2 unspecified atom stereocenters. The molecule has 0 aliphatic carbocycles. The van der Waals surface area contributed by atoms with Crippen molar-refractivity contribution in [3.63, 3.8) is 0 Å². The fourth-order valence-electron chi connectivity index (χ4n) is 13.0. The number of aromatic amines is 1. The highest BCUT2D eigenvalue weighted by atomic mass is 32.2. The van der Waals surface area contributed by atoms with Gasteiger partial charge < -0.3 is 125 Å². The van der Waals surface area contributed by atoms with E-state index in [0.29, 0.717) is 173 Å². The van der Waals surface area contributed by atoms with Crippen LogP contribution >= 0.6 is 11.8 Å². The Morgan fingerprint density at radius 1 is 0.664 bits per heavy atom. The smallest absolute Gasteiger partial charge is 0.246 e. The lowest BCUT2D eigenvalue weighted by atomic mass is 9.86. The van der Waals surface area contributed by atoms with Gasteiger partial charge in [0.05, 0.1) is 232 Å². The van der Waals surface area contributed by atoms with E-state index in [1.54, 1.807) is 37.9 Å². The van der Waals surface area contributed by atoms with Crippen LogP contribution in [0.1, 0.15) is 70.9 Å². The molecule has 2 saturated heterocycles. The number of carbonyl (C=O) groups excluding carboxylic acids is 11. The van der Waals surface area contributed by atoms with Crippen LogP contribution in [0.15, 0.2) is 29.1 Å². The van der Waals surface area contributed by atoms with Gasteiger partial charge in [-0.1, -0.05) is 34.1 Å². The maximum absolute atomic E-state index is 15.4. The molecule has 12 atom stereocenters. The summed E-state index contributed by atoms with van der Waals surface area (Å²) in [6, 6.07) is -5.60. The maximum atomic E-state index is 15.4. The van der Waals surface area contributed by atoms with Crippen molar-refractivity contribution in [2.75, 3.05) is 203 Å². The van der Waals surface area contributed by atoms with Gasteiger partial charge >= 0.3 is 0 Å². The highest BCUT2D eigenvalue weighted by Gasteiger charge is 2.46. The van der Waals surface area contributed by atoms with Gasteiger partial charge in [-0.15, -0.1) is 5.53 Å². The van der Waals surface area contributed by atoms with Gasteiger partial charge in [-0.3, -0.25) is 66.9 Å². The summed E-state index contributed by atoms with van der Waals surface area (Å²) >= 11 is 1.44. The van der Waals surface area contributed by atoms with Gasteiger partial charge in [-0.25, -0.2) is 0 Å². The molecule has 10 amide bonds. The van der Waals surface area contributed by atoms with Crippen molar-refractivity contribution >= 4 is 98.3 Å². The Labute approximate surface area is 680 Å². The topological polar surface area (TPSA) is 524 Å². The van der Waals surface area contributed by atoms with Gasteiger partial charge in [0.2, 0.25) is 59.1 Å². The minimum absolute atomic E-state index is 0.126. The first-order valence-electron chi connectivity index (χ1n) is 39.1. The number of amides is 10. The molecule has 1 aromatic heterocycles. The summed E-state index contributed by atoms with van der Waals surface area (Å²) in [5, 5.41) is 49.2. The van der Waals surface area contributed by atoms with Crippen LogP contribution < -0.4 is 53.3 Å². The third kappa shape index (κ3) is 31.3. The zero-order valence-electron chi connectivity index (χ0n) is 66.6. The Hall–Kier alpha value is -7.63. The van der Waals surface area contributed by atoms with Crippen molar-refractivity contribution in [1.29, 1.82) is 0 Å². The number of methoxy groups -OCH3 is 1. The molecule has 6 heterocycles. The number of Topliss-reactive ketones (excluding diaryl/α,β-unsaturated/α-hetero) is 1. The second kappa shape index (κ2) is 51.6. The van der Waals surface area contributed by atoms with Crippen molar-refractivity contribution in [2.45, 2.75) is 119 Å². The lowest BCUT2D eigenvalue weighted by Gasteiger charge is -2.32. The van der Waals surface area contributed by atoms with E-state index in [2.05, 4.69) is 47.8 Å². The molecule has 0 spiro atoms. The van der Waals surface area contributed by atoms with Crippen molar-refractivity contribution in [1.82, 2.24) is 62.7 Å². The van der Waals surface area contributed by atoms with E-state index in [1.807, 2.05) is 6.20 Å². The second-order valence-corrected chi connectivity index (χ2v) is 30.7. The zero-order chi connectivity index (χ0) is 83.9. The normalized spacial score (nSPS) is 23.1. The van der Waals surface area contributed by atoms with E-state index in [9.17, 15) is 68.1 Å². The number of carbonyl (C=O) groups is 11. The number of primary amides is 1. The standard InChI is InChI=1S/C74H117N13O27S2/c1-6-46(2)53-34-50(89)38-76-68(96)56-36-54-52-7-8-61(103-5)55(66(52)82-72(54)116(102)45-58(78-63(93)39-77-67(53)95)69(97)80-57(37-62(75)92)74(101)86-42-51(90)35-59(86)70(98)81-65(71(99)79-56)48(4)60(91)43-88)44-115-32-31-114-30-29-113-28-27-112-26-25-111-24-23-110-22-21-109-20-19-108-18-17-107-16-15-106-14-13-105-12-11-104-10-9-85-40-49(83-84-85)41-87-64(94)33-47(3)73(87)100/h7-8,40,46-48,51,53,56-60,65,82-84,88,90-91H,6,9-39,41-45H2,1-5H3,(H2,75,92)(H,76,96)(H,77,95)(H,78,93)(H,79,99)(H,80,97)(H,81,98)/t46-,47?,48-,51+,53-,56-,57-,58+,59-,60-,65-,116?/m0/s1. The zero-order valence-corrected chi connectivity index (χ0v) is 68.3. The molecule has 116 heavy (non-hydrogen) atoms. The lowest BCUT2D eigenvalue weighted by molar-refractivity contribution is -0.144. The third-order valence-corrected chi connectivity index (χ3v) is 22.0. The van der Waals surface area contributed by atoms with Gasteiger partial charge in [0.1, 0.15) is 41.0 Å². The summed E-state index contributed by atoms with van der Waals surface area (Å²) in [6.07, 6.45) is -2.82. The number of H-pyrrole nitrogens is 1. The number of nitrogens with zero attached hydrogens (tertiary/aromatic N) is 3. The quantitative estimate of drug-likeness (QED) is 0.0219. The fourth-order valence-corrected chi connectivity index (χ4v) is 15.2. The molecule has 1 aromatic carbocycles. The number of ether oxygens (including phenoxy) is 12. The second-order valence-electron chi connectivity index (χ2n) is 28.2. The van der Waals surface area contributed by atoms with Gasteiger partial charge in [0.25, 0.3) is 0 Å². The van der Waals surface area contributed by atoms with E-state index in [4.69, 9.17) is 62.6 Å². The Balaban J connectivity index is 0.811. The fraction of sp³-hybridized carbons (Fsp3) is 0.716. The summed E-state index contributed by atoms with van der Waals surface area (Å²) in [4.78, 5) is 157. The predicted molar refractivity (Wildman–Crippen MR) is 415 cm³/mol. The van der Waals surface area contributed by atoms with Gasteiger partial charge in [0.15, 0.2) is 5.78 Å². The first kappa shape index (κ1) is 95.5. The number of rotatable bonds is 48. The molecule has 5 aliphatic rings. The predicted octanol–water partition coefficient (Wildman–Crippen LogP) is -4.55. The molecule has 0 saturated carbocycles. The first-order chi connectivity index (χ1) is 55.9. The molecule has 14 N–H and O–H groups in total. The van der Waals surface area contributed by atoms with E-state index >= 15 is 4.21 Å². The number of aliphatic hydroxyl groups is 3. The summed E-state index contributed by atoms with van der Waals surface area (Å²) in [7, 11) is -1.00. The van der Waals surface area contributed by atoms with E-state index in [0.717, 1.165) is 10.6 Å². The SMILES string of the molecule is CC[C@H](C)[C@@H]1CC(=O)CNC(=O)[C@@H]2Cc3c([nH]c4c(CSCCOCCOCCOCCOCCOCCOCCOCCOCCOCCOCCOCCN5C=C(CN6C(=O)CC(C)C6=O)NN5)c(OC)ccc34)S(=O)C[C@@H](NC(=O)CNC1=O)C(=O)N[C@@H](CC(N)=O)C(=O)N1C[C@H](O)C[C@H]1C(=O)N[C@@H]([C@@H](C)[C@@H](O)CO)C(=O)N2. The van der Waals surface area contributed by atoms with Gasteiger partial charge in [-0.05, 0) is 23.6 Å². The molecule has 5 aliphatic heterocycles. The van der Waals surface area contributed by atoms with Crippen LogP contribution in [-0.4, -0.2) is 350 Å². The number of aromatic nitrogens is 1. The van der Waals surface area contributed by atoms with E-state index in [-0.39, 0.29) is 60.3 Å². The average molecular weight is 1680 g/mol. The van der Waals surface area contributed by atoms with Crippen molar-refractivity contribution in [2.24, 2.45) is 29.4 Å². The number of aliphatic hydroxyl groups excluding tert-OH is 3. The number of hydrazine groups is 2. The molecular formula is C74H117N13O27S2. The van der Waals surface area contributed by atoms with Gasteiger partial charge in [0, 0.05) is 78.6 Å². The number of nitrogens with two attached hydrogens (primary N) is 1. The molecule has 2 aromatic rings. The van der Waals surface area contributed by atoms with Crippen molar-refractivity contribution < 1.29 is 129 Å². The Morgan fingerprint density at radius 2 is 1.22 bits per heavy atom. The Kier molecular flexibility index (Phi) is 42.5. The van der Waals surface area contributed by atoms with E-state index < -0.39 is 182 Å². The molecule has 652 valence electrons. The number of ketones is 1. The minimum atomic E-state index is -2.44. The molecule has 42 heteroatoms. The largest absolute Gasteiger partial charge is 0.496 e. The average Bonchev–Trinajstić information content (AvgIpc) is 1.61. The monoisotopic (exact) mass is 1680 g/mol. The highest BCUT2D eigenvalue weighted by molar-refractivity contribution is 7.98. The van der Waals surface area contributed by atoms with Crippen molar-refractivity contribution in [3.05, 3.63) is 35.2 Å². The minimum Gasteiger partial charge on any atom is -0.496 e. The van der Waals surface area contributed by atoms with Crippen molar-refractivity contribution in [3.8, 4) is 5.75 Å². The molecule has 7 rings (SSSR count). The number of imide groups is 1. The maximum Gasteiger partial charge on any atom is 0.246 e. The number of fused-ring (bicyclic) bond motifs is 5. The summed E-state index contributed by atoms with van der Waals surface area (Å²) in [5.41, 5.74) is 13.3.